The Morgan fingerprint density at radius 1 is 0.962 bits per heavy atom. The van der Waals surface area contributed by atoms with Gasteiger partial charge in [-0.05, 0) is 17.7 Å². The van der Waals surface area contributed by atoms with Crippen molar-refractivity contribution >= 4 is 23.8 Å². The Bertz CT molecular complexity index is 897. The lowest BCUT2D eigenvalue weighted by Gasteiger charge is -2.27. The lowest BCUT2D eigenvalue weighted by atomic mass is 9.89. The normalized spacial score (nSPS) is 18.8. The number of imide groups is 1. The number of rotatable bonds is 5. The van der Waals surface area contributed by atoms with Crippen LogP contribution >= 0.6 is 0 Å². The molecule has 0 aromatic heterocycles. The highest BCUT2D eigenvalue weighted by molar-refractivity contribution is 6.08. The zero-order chi connectivity index (χ0) is 18.7. The smallest absolute Gasteiger partial charge is 0.336 e. The Morgan fingerprint density at radius 2 is 1.58 bits per heavy atom. The van der Waals surface area contributed by atoms with Crippen molar-refractivity contribution in [3.63, 3.8) is 0 Å². The third kappa shape index (κ3) is 3.00. The van der Waals surface area contributed by atoms with Gasteiger partial charge in [-0.2, -0.15) is 0 Å². The van der Waals surface area contributed by atoms with Crippen molar-refractivity contribution in [2.45, 2.75) is 5.54 Å². The second kappa shape index (κ2) is 6.67. The summed E-state index contributed by atoms with van der Waals surface area (Å²) in [4.78, 5) is 47.8. The van der Waals surface area contributed by atoms with Gasteiger partial charge in [0.05, 0.1) is 17.7 Å². The second-order valence-electron chi connectivity index (χ2n) is 5.71. The van der Waals surface area contributed by atoms with Gasteiger partial charge in [-0.25, -0.2) is 9.59 Å². The molecule has 1 unspecified atom stereocenters. The minimum atomic E-state index is -1.47. The highest BCUT2D eigenvalue weighted by Gasteiger charge is 2.47. The Balaban J connectivity index is 1.88. The van der Waals surface area contributed by atoms with E-state index in [1.54, 1.807) is 36.4 Å². The summed E-state index contributed by atoms with van der Waals surface area (Å²) >= 11 is 0. The highest BCUT2D eigenvalue weighted by Crippen LogP contribution is 2.24. The molecule has 4 N–H and O–H groups in total. The van der Waals surface area contributed by atoms with Gasteiger partial charge in [-0.3, -0.25) is 14.9 Å². The number of amides is 4. The Morgan fingerprint density at radius 3 is 2.15 bits per heavy atom. The summed E-state index contributed by atoms with van der Waals surface area (Å²) in [6, 6.07) is 13.6. The molecule has 0 aliphatic carbocycles. The number of hydrogen-bond acceptors (Lipinski definition) is 4. The first-order valence-electron chi connectivity index (χ1n) is 7.74. The predicted molar refractivity (Wildman–Crippen MR) is 90.5 cm³/mol. The van der Waals surface area contributed by atoms with Crippen LogP contribution in [0.2, 0.25) is 0 Å². The number of nitrogens with one attached hydrogen (secondary N) is 3. The number of carboxylic acid groups (broad SMARTS) is 1. The van der Waals surface area contributed by atoms with Crippen molar-refractivity contribution in [1.29, 1.82) is 0 Å². The van der Waals surface area contributed by atoms with Crippen molar-refractivity contribution in [2.75, 3.05) is 6.54 Å². The Labute approximate surface area is 148 Å². The molecule has 1 atom stereocenters. The first kappa shape index (κ1) is 17.2. The van der Waals surface area contributed by atoms with E-state index in [1.165, 1.54) is 18.2 Å². The fourth-order valence-electron chi connectivity index (χ4n) is 2.82. The molecule has 132 valence electrons. The van der Waals surface area contributed by atoms with E-state index >= 15 is 0 Å². The molecule has 0 radical (unpaired) electrons. The number of carbonyl (C=O) groups excluding carboxylic acids is 3. The lowest BCUT2D eigenvalue weighted by Crippen LogP contribution is -2.52. The van der Waals surface area contributed by atoms with Crippen molar-refractivity contribution < 1.29 is 24.3 Å². The molecule has 2 aromatic rings. The van der Waals surface area contributed by atoms with Gasteiger partial charge >= 0.3 is 12.0 Å². The van der Waals surface area contributed by atoms with Crippen LogP contribution in [0.3, 0.4) is 0 Å². The molecular formula is C18H15N3O5. The standard InChI is InChI=1S/C18H15N3O5/c22-14(12-8-4-5-9-13(12)15(23)24)19-10-18(11-6-2-1-3-7-11)16(25)20-17(26)21-18/h1-9H,10H2,(H,19,22)(H,23,24)(H2,20,21,25,26). The molecule has 1 fully saturated rings. The van der Waals surface area contributed by atoms with Crippen molar-refractivity contribution in [3.05, 3.63) is 71.3 Å². The summed E-state index contributed by atoms with van der Waals surface area (Å²) in [7, 11) is 0. The van der Waals surface area contributed by atoms with Gasteiger partial charge in [0.15, 0.2) is 5.54 Å². The molecule has 0 spiro atoms. The van der Waals surface area contributed by atoms with E-state index in [2.05, 4.69) is 16.0 Å². The van der Waals surface area contributed by atoms with E-state index in [0.29, 0.717) is 5.56 Å². The molecule has 26 heavy (non-hydrogen) atoms. The van der Waals surface area contributed by atoms with Crippen LogP contribution in [0, 0.1) is 0 Å². The molecule has 0 bridgehead atoms. The van der Waals surface area contributed by atoms with E-state index in [-0.39, 0.29) is 17.7 Å². The van der Waals surface area contributed by atoms with Gasteiger partial charge < -0.3 is 15.7 Å². The molecular weight excluding hydrogens is 338 g/mol. The molecule has 1 heterocycles. The van der Waals surface area contributed by atoms with Crippen LogP contribution < -0.4 is 16.0 Å². The zero-order valence-electron chi connectivity index (χ0n) is 13.5. The third-order valence-corrected chi connectivity index (χ3v) is 4.12. The maximum atomic E-state index is 12.5. The fraction of sp³-hybridized carbons (Fsp3) is 0.111. The molecule has 0 saturated carbocycles. The number of urea groups is 1. The van der Waals surface area contributed by atoms with Crippen molar-refractivity contribution in [2.24, 2.45) is 0 Å². The number of carbonyl (C=O) groups is 4. The maximum Gasteiger partial charge on any atom is 0.336 e. The minimum absolute atomic E-state index is 0.0343. The minimum Gasteiger partial charge on any atom is -0.478 e. The Hall–Kier alpha value is -3.68. The molecule has 1 aliphatic rings. The first-order chi connectivity index (χ1) is 12.4. The van der Waals surface area contributed by atoms with Gasteiger partial charge in [0.1, 0.15) is 0 Å². The summed E-state index contributed by atoms with van der Waals surface area (Å²) < 4.78 is 0. The van der Waals surface area contributed by atoms with Crippen LogP contribution in [-0.4, -0.2) is 35.5 Å². The third-order valence-electron chi connectivity index (χ3n) is 4.12. The summed E-state index contributed by atoms with van der Waals surface area (Å²) in [5, 5.41) is 16.5. The summed E-state index contributed by atoms with van der Waals surface area (Å²) in [5.41, 5.74) is -1.16. The van der Waals surface area contributed by atoms with Gasteiger partial charge in [0.2, 0.25) is 0 Å². The molecule has 8 heteroatoms. The van der Waals surface area contributed by atoms with E-state index in [1.807, 2.05) is 0 Å². The summed E-state index contributed by atoms with van der Waals surface area (Å²) in [6.07, 6.45) is 0. The number of carboxylic acids is 1. The SMILES string of the molecule is O=C1NC(=O)C(CNC(=O)c2ccccc2C(=O)O)(c2ccccc2)N1. The van der Waals surface area contributed by atoms with Crippen LogP contribution in [-0.2, 0) is 10.3 Å². The summed E-state index contributed by atoms with van der Waals surface area (Å²) in [6.45, 7) is -0.235. The van der Waals surface area contributed by atoms with Gasteiger partial charge in [0, 0.05) is 0 Å². The van der Waals surface area contributed by atoms with E-state index in [0.717, 1.165) is 0 Å². The fourth-order valence-corrected chi connectivity index (χ4v) is 2.82. The van der Waals surface area contributed by atoms with Crippen LogP contribution in [0.4, 0.5) is 4.79 Å². The quantitative estimate of drug-likeness (QED) is 0.593. The van der Waals surface area contributed by atoms with E-state index in [4.69, 9.17) is 0 Å². The molecule has 1 aliphatic heterocycles. The van der Waals surface area contributed by atoms with E-state index < -0.39 is 29.4 Å². The van der Waals surface area contributed by atoms with Crippen molar-refractivity contribution in [1.82, 2.24) is 16.0 Å². The largest absolute Gasteiger partial charge is 0.478 e. The van der Waals surface area contributed by atoms with Crippen LogP contribution in [0.15, 0.2) is 54.6 Å². The topological polar surface area (TPSA) is 125 Å². The number of benzene rings is 2. The number of hydrogen-bond donors (Lipinski definition) is 4. The highest BCUT2D eigenvalue weighted by atomic mass is 16.4. The zero-order valence-corrected chi connectivity index (χ0v) is 13.5. The van der Waals surface area contributed by atoms with Gasteiger partial charge in [-0.15, -0.1) is 0 Å². The predicted octanol–water partition coefficient (Wildman–Crippen LogP) is 0.849. The molecule has 4 amide bonds. The van der Waals surface area contributed by atoms with Crippen LogP contribution in [0.25, 0.3) is 0 Å². The van der Waals surface area contributed by atoms with Gasteiger partial charge in [0.25, 0.3) is 11.8 Å². The molecule has 8 nitrogen and oxygen atoms in total. The first-order valence-corrected chi connectivity index (χ1v) is 7.74. The van der Waals surface area contributed by atoms with Crippen molar-refractivity contribution in [3.8, 4) is 0 Å². The van der Waals surface area contributed by atoms with E-state index in [9.17, 15) is 24.3 Å². The van der Waals surface area contributed by atoms with Crippen LogP contribution in [0.1, 0.15) is 26.3 Å². The van der Waals surface area contributed by atoms with Gasteiger partial charge in [-0.1, -0.05) is 42.5 Å². The second-order valence-corrected chi connectivity index (χ2v) is 5.71. The molecule has 3 rings (SSSR count). The lowest BCUT2D eigenvalue weighted by molar-refractivity contribution is -0.124. The maximum absolute atomic E-state index is 12.5. The average molecular weight is 353 g/mol. The average Bonchev–Trinajstić information content (AvgIpc) is 2.94. The number of aromatic carboxylic acids is 1. The molecule has 1 saturated heterocycles. The Kier molecular flexibility index (Phi) is 4.40. The summed E-state index contributed by atoms with van der Waals surface area (Å²) in [5.74, 6) is -2.49. The monoisotopic (exact) mass is 353 g/mol. The van der Waals surface area contributed by atoms with Crippen LogP contribution in [0.5, 0.6) is 0 Å². The molecule has 2 aromatic carbocycles.